The zero-order chi connectivity index (χ0) is 12.5. The molecular weight excluding hydrogens is 224 g/mol. The van der Waals surface area contributed by atoms with Gasteiger partial charge in [-0.2, -0.15) is 0 Å². The fraction of sp³-hybridized carbons (Fsp3) is 0.533. The lowest BCUT2D eigenvalue weighted by molar-refractivity contribution is 0.346. The predicted octanol–water partition coefficient (Wildman–Crippen LogP) is 2.92. The van der Waals surface area contributed by atoms with Crippen LogP contribution in [0.5, 0.6) is 0 Å². The van der Waals surface area contributed by atoms with Gasteiger partial charge in [0.1, 0.15) is 6.61 Å². The summed E-state index contributed by atoms with van der Waals surface area (Å²) in [5, 5.41) is 3.36. The van der Waals surface area contributed by atoms with Gasteiger partial charge in [0.15, 0.2) is 0 Å². The number of hydrogen-bond acceptors (Lipinski definition) is 3. The quantitative estimate of drug-likeness (QED) is 0.824. The Morgan fingerprint density at radius 3 is 3.06 bits per heavy atom. The summed E-state index contributed by atoms with van der Waals surface area (Å²) in [5.74, 6) is 0.771. The van der Waals surface area contributed by atoms with Crippen LogP contribution in [0.3, 0.4) is 0 Å². The fourth-order valence-corrected chi connectivity index (χ4v) is 2.85. The summed E-state index contributed by atoms with van der Waals surface area (Å²) >= 11 is 0. The highest BCUT2D eigenvalue weighted by Crippen LogP contribution is 2.32. The van der Waals surface area contributed by atoms with Crippen molar-refractivity contribution in [2.45, 2.75) is 33.1 Å². The van der Waals surface area contributed by atoms with Gasteiger partial charge < -0.3 is 10.1 Å². The van der Waals surface area contributed by atoms with Crippen LogP contribution in [0.15, 0.2) is 17.1 Å². The lowest BCUT2D eigenvalue weighted by Crippen LogP contribution is -2.18. The molecule has 1 atom stereocenters. The number of hydrogen-bond donors (Lipinski definition) is 1. The number of amidine groups is 1. The van der Waals surface area contributed by atoms with Gasteiger partial charge in [-0.05, 0) is 54.9 Å². The Balaban J connectivity index is 1.94. The molecule has 96 valence electrons. The van der Waals surface area contributed by atoms with E-state index in [9.17, 15) is 0 Å². The summed E-state index contributed by atoms with van der Waals surface area (Å²) < 4.78 is 5.45. The number of anilines is 1. The molecule has 0 aromatic heterocycles. The van der Waals surface area contributed by atoms with E-state index in [4.69, 9.17) is 4.74 Å². The first kappa shape index (κ1) is 11.6. The maximum Gasteiger partial charge on any atom is 0.289 e. The molecule has 1 aromatic rings. The number of nitrogens with zero attached hydrogens (tertiary/aromatic N) is 1. The molecule has 0 saturated carbocycles. The van der Waals surface area contributed by atoms with Crippen LogP contribution in [0.1, 0.15) is 30.0 Å². The zero-order valence-electron chi connectivity index (χ0n) is 11.1. The molecule has 0 bridgehead atoms. The second-order valence-electron chi connectivity index (χ2n) is 5.46. The summed E-state index contributed by atoms with van der Waals surface area (Å²) in [4.78, 5) is 4.31. The molecule has 1 unspecified atom stereocenters. The average molecular weight is 244 g/mol. The third-order valence-corrected chi connectivity index (χ3v) is 3.77. The van der Waals surface area contributed by atoms with Gasteiger partial charge in [-0.15, -0.1) is 0 Å². The summed E-state index contributed by atoms with van der Waals surface area (Å²) in [6, 6.07) is 5.21. The van der Waals surface area contributed by atoms with Crippen LogP contribution in [0.25, 0.3) is 0 Å². The Labute approximate surface area is 108 Å². The van der Waals surface area contributed by atoms with Crippen molar-refractivity contribution in [3.8, 4) is 0 Å². The Hall–Kier alpha value is -1.51. The van der Waals surface area contributed by atoms with E-state index in [2.05, 4.69) is 36.3 Å². The van der Waals surface area contributed by atoms with Gasteiger partial charge in [-0.3, -0.25) is 0 Å². The molecule has 0 spiro atoms. The van der Waals surface area contributed by atoms with Gasteiger partial charge in [0.05, 0.1) is 6.54 Å². The SMILES string of the molecule is Cc1cc2c(c(NC3=NCCO3)c1)CC(C)CC2. The first-order valence-electron chi connectivity index (χ1n) is 6.79. The standard InChI is InChI=1S/C15H20N2O/c1-10-3-4-12-7-11(2)9-14(13(12)8-10)17-15-16-5-6-18-15/h7,9-10H,3-6,8H2,1-2H3,(H,16,17). The van der Waals surface area contributed by atoms with Gasteiger partial charge in [0.25, 0.3) is 6.02 Å². The van der Waals surface area contributed by atoms with Crippen molar-refractivity contribution in [1.29, 1.82) is 0 Å². The molecule has 1 aliphatic carbocycles. The van der Waals surface area contributed by atoms with E-state index in [1.807, 2.05) is 0 Å². The van der Waals surface area contributed by atoms with Crippen LogP contribution in [-0.2, 0) is 17.6 Å². The van der Waals surface area contributed by atoms with Crippen molar-refractivity contribution in [2.75, 3.05) is 18.5 Å². The second-order valence-corrected chi connectivity index (χ2v) is 5.46. The highest BCUT2D eigenvalue weighted by atomic mass is 16.5. The Morgan fingerprint density at radius 2 is 2.28 bits per heavy atom. The number of fused-ring (bicyclic) bond motifs is 1. The summed E-state index contributed by atoms with van der Waals surface area (Å²) in [6.07, 6.45) is 3.65. The van der Waals surface area contributed by atoms with Gasteiger partial charge in [0.2, 0.25) is 0 Å². The predicted molar refractivity (Wildman–Crippen MR) is 74.2 cm³/mol. The molecule has 1 aliphatic heterocycles. The van der Waals surface area contributed by atoms with Crippen molar-refractivity contribution in [1.82, 2.24) is 0 Å². The summed E-state index contributed by atoms with van der Waals surface area (Å²) in [6.45, 7) is 5.95. The molecule has 1 N–H and O–H groups in total. The highest BCUT2D eigenvalue weighted by molar-refractivity contribution is 5.91. The van der Waals surface area contributed by atoms with Crippen molar-refractivity contribution in [2.24, 2.45) is 10.9 Å². The maximum atomic E-state index is 5.45. The second kappa shape index (κ2) is 4.63. The smallest absolute Gasteiger partial charge is 0.289 e. The van der Waals surface area contributed by atoms with Crippen LogP contribution < -0.4 is 5.32 Å². The summed E-state index contributed by atoms with van der Waals surface area (Å²) in [7, 11) is 0. The van der Waals surface area contributed by atoms with Crippen LogP contribution in [0.2, 0.25) is 0 Å². The molecular formula is C15H20N2O. The van der Waals surface area contributed by atoms with E-state index in [0.29, 0.717) is 12.6 Å². The number of rotatable bonds is 1. The van der Waals surface area contributed by atoms with E-state index >= 15 is 0 Å². The number of nitrogens with one attached hydrogen (secondary N) is 1. The van der Waals surface area contributed by atoms with Crippen LogP contribution in [0.4, 0.5) is 5.69 Å². The van der Waals surface area contributed by atoms with E-state index in [-0.39, 0.29) is 0 Å². The first-order chi connectivity index (χ1) is 8.72. The zero-order valence-corrected chi connectivity index (χ0v) is 11.1. The Bertz CT molecular complexity index is 494. The van der Waals surface area contributed by atoms with Crippen molar-refractivity contribution >= 4 is 11.7 Å². The normalized spacial score (nSPS) is 22.1. The van der Waals surface area contributed by atoms with E-state index in [1.165, 1.54) is 35.2 Å². The van der Waals surface area contributed by atoms with E-state index in [0.717, 1.165) is 18.9 Å². The van der Waals surface area contributed by atoms with E-state index < -0.39 is 0 Å². The maximum absolute atomic E-state index is 5.45. The molecule has 1 heterocycles. The minimum absolute atomic E-state index is 0.682. The molecule has 18 heavy (non-hydrogen) atoms. The topological polar surface area (TPSA) is 33.6 Å². The Morgan fingerprint density at radius 1 is 1.39 bits per heavy atom. The van der Waals surface area contributed by atoms with Gasteiger partial charge in [-0.25, -0.2) is 4.99 Å². The van der Waals surface area contributed by atoms with Crippen molar-refractivity contribution in [3.63, 3.8) is 0 Å². The van der Waals surface area contributed by atoms with Gasteiger partial charge in [-0.1, -0.05) is 13.0 Å². The largest absolute Gasteiger partial charge is 0.463 e. The fourth-order valence-electron chi connectivity index (χ4n) is 2.85. The average Bonchev–Trinajstić information content (AvgIpc) is 2.83. The molecule has 0 fully saturated rings. The van der Waals surface area contributed by atoms with Crippen molar-refractivity contribution < 1.29 is 4.74 Å². The molecule has 0 radical (unpaired) electrons. The molecule has 1 aromatic carbocycles. The summed E-state index contributed by atoms with van der Waals surface area (Å²) in [5.41, 5.74) is 5.45. The van der Waals surface area contributed by atoms with Crippen LogP contribution >= 0.6 is 0 Å². The molecule has 0 saturated heterocycles. The van der Waals surface area contributed by atoms with Gasteiger partial charge in [0, 0.05) is 5.69 Å². The minimum atomic E-state index is 0.682. The monoisotopic (exact) mass is 244 g/mol. The Kier molecular flexibility index (Phi) is 2.98. The first-order valence-corrected chi connectivity index (χ1v) is 6.79. The van der Waals surface area contributed by atoms with Crippen LogP contribution in [0, 0.1) is 12.8 Å². The highest BCUT2D eigenvalue weighted by Gasteiger charge is 2.20. The number of benzene rings is 1. The molecule has 3 heteroatoms. The molecule has 3 rings (SSSR count). The molecule has 0 amide bonds. The lowest BCUT2D eigenvalue weighted by Gasteiger charge is -2.25. The molecule has 3 nitrogen and oxygen atoms in total. The van der Waals surface area contributed by atoms with Crippen LogP contribution in [-0.4, -0.2) is 19.2 Å². The third-order valence-electron chi connectivity index (χ3n) is 3.77. The number of ether oxygens (including phenoxy) is 1. The lowest BCUT2D eigenvalue weighted by atomic mass is 9.83. The number of aliphatic imine (C=N–C) groups is 1. The van der Waals surface area contributed by atoms with Gasteiger partial charge >= 0.3 is 0 Å². The third kappa shape index (κ3) is 2.22. The molecule has 2 aliphatic rings. The van der Waals surface area contributed by atoms with Crippen molar-refractivity contribution in [3.05, 3.63) is 28.8 Å². The number of aryl methyl sites for hydroxylation is 2. The minimum Gasteiger partial charge on any atom is -0.463 e. The van der Waals surface area contributed by atoms with E-state index in [1.54, 1.807) is 0 Å².